The van der Waals surface area contributed by atoms with Crippen LogP contribution < -0.4 is 10.1 Å². The van der Waals surface area contributed by atoms with Crippen molar-refractivity contribution in [2.24, 2.45) is 5.92 Å². The van der Waals surface area contributed by atoms with Gasteiger partial charge in [-0.05, 0) is 79.1 Å². The molecule has 4 aromatic heterocycles. The van der Waals surface area contributed by atoms with Crippen LogP contribution in [0.1, 0.15) is 103 Å². The van der Waals surface area contributed by atoms with Crippen molar-refractivity contribution in [3.63, 3.8) is 0 Å². The van der Waals surface area contributed by atoms with Gasteiger partial charge < -0.3 is 34.6 Å². The third kappa shape index (κ3) is 8.21. The van der Waals surface area contributed by atoms with Gasteiger partial charge >= 0.3 is 6.09 Å². The minimum atomic E-state index is -1.32. The number of nitrogens with one attached hydrogen (secondary N) is 3. The van der Waals surface area contributed by atoms with Gasteiger partial charge in [0, 0.05) is 47.3 Å². The predicted molar refractivity (Wildman–Crippen MR) is 265 cm³/mol. The Bertz CT molecular complexity index is 3220. The van der Waals surface area contributed by atoms with Crippen molar-refractivity contribution in [2.45, 2.75) is 94.6 Å². The van der Waals surface area contributed by atoms with E-state index >= 15 is 13.2 Å². The van der Waals surface area contributed by atoms with Gasteiger partial charge in [-0.25, -0.2) is 27.9 Å². The number of benzene rings is 3. The molecule has 0 bridgehead atoms. The lowest BCUT2D eigenvalue weighted by molar-refractivity contribution is -0.140. The summed E-state index contributed by atoms with van der Waals surface area (Å²) in [7, 11) is 1.21. The van der Waals surface area contributed by atoms with Crippen LogP contribution in [0.5, 0.6) is 5.75 Å². The molecule has 4 aliphatic heterocycles. The summed E-state index contributed by atoms with van der Waals surface area (Å²) in [6.07, 6.45) is 2.81. The third-order valence-corrected chi connectivity index (χ3v) is 16.3. The molecule has 7 atom stereocenters. The number of hydrogen-bond donors (Lipinski definition) is 3. The number of nitrogens with zero attached hydrogens (tertiary/aromatic N) is 6. The summed E-state index contributed by atoms with van der Waals surface area (Å²) in [5.41, 5.74) is 5.08. The zero-order valence-corrected chi connectivity index (χ0v) is 40.8. The van der Waals surface area contributed by atoms with Crippen molar-refractivity contribution in [1.82, 2.24) is 44.5 Å². The van der Waals surface area contributed by atoms with Crippen molar-refractivity contribution in [2.75, 3.05) is 33.3 Å². The first-order chi connectivity index (χ1) is 34.9. The molecule has 4 fully saturated rings. The van der Waals surface area contributed by atoms with Crippen LogP contribution in [-0.2, 0) is 14.3 Å². The zero-order valence-electron chi connectivity index (χ0n) is 40.0. The van der Waals surface area contributed by atoms with E-state index in [4.69, 9.17) is 14.5 Å². The highest BCUT2D eigenvalue weighted by atomic mass is 32.1. The molecule has 0 radical (unpaired) electrons. The number of aromatic amines is 2. The number of carbonyl (C=O) groups is 3. The quantitative estimate of drug-likeness (QED) is 0.109. The van der Waals surface area contributed by atoms with Crippen LogP contribution in [0.4, 0.5) is 18.0 Å². The number of carbonyl (C=O) groups excluding carboxylic acids is 3. The Labute approximate surface area is 417 Å². The van der Waals surface area contributed by atoms with Crippen LogP contribution >= 0.6 is 11.3 Å². The Morgan fingerprint density at radius 3 is 2.12 bits per heavy atom. The second-order valence-electron chi connectivity index (χ2n) is 20.1. The lowest BCUT2D eigenvalue weighted by Gasteiger charge is -2.40. The SMILES string of the molecule is COC(=O)N[C@H](C(=O)N1C[C@H](F)C[C@H]1c1ncc(-c2cc(F)c3c(c2)O[C@@H](c2ccc(C4CC4)s2)n2c-3cc3cc(-c4cnc([C@@H]5C[C@@H](F)CN5C(=O)[C@@H](c5ccccc5)N5CCC5)[nH]4)ccc32)[nH]1)C(C)C. The standard InChI is InChI=1S/C54H54F3N9O5S/c1-28(2)47(62-54(69)70-3)51(67)64-26-34(55)22-41(64)49-59-25-38(61-49)32-19-36(57)46-40-20-33-18-31(12-13-39(33)66(40)53(71-43(46)21-32)45-15-14-44(72-45)29-10-11-29)37-24-58-50(60-37)42-23-35(56)27-65(42)52(68)48(63-16-7-17-63)30-8-5-4-6-9-30/h4-6,8-9,12-15,18-21,24-25,28-29,34-35,41-42,47-48,53H,7,10-11,16-17,22-23,26-27H2,1-3H3,(H,58,60)(H,59,61)(H,62,69)/t34-,35-,41+,42+,47+,48-,53+/m1/s1. The molecule has 0 unspecified atom stereocenters. The maximum atomic E-state index is 17.0. The number of alkyl carbamates (subject to hydrolysis) is 1. The Morgan fingerprint density at radius 2 is 1.49 bits per heavy atom. The van der Waals surface area contributed by atoms with Crippen molar-refractivity contribution in [3.8, 4) is 39.5 Å². The number of imidazole rings is 2. The number of rotatable bonds is 12. The van der Waals surface area contributed by atoms with Gasteiger partial charge in [0.1, 0.15) is 47.6 Å². The van der Waals surface area contributed by atoms with Crippen LogP contribution in [0.15, 0.2) is 91.3 Å². The predicted octanol–water partition coefficient (Wildman–Crippen LogP) is 10.2. The molecule has 18 heteroatoms. The molecule has 1 aliphatic carbocycles. The molecule has 0 spiro atoms. The lowest BCUT2D eigenvalue weighted by Crippen LogP contribution is -2.51. The van der Waals surface area contributed by atoms with E-state index in [1.165, 1.54) is 23.0 Å². The number of alkyl halides is 2. The number of hydrogen-bond acceptors (Lipinski definition) is 9. The van der Waals surface area contributed by atoms with E-state index in [1.807, 2.05) is 59.2 Å². The first kappa shape index (κ1) is 46.2. The van der Waals surface area contributed by atoms with Gasteiger partial charge in [0.2, 0.25) is 18.0 Å². The summed E-state index contributed by atoms with van der Waals surface area (Å²) in [5, 5.41) is 3.43. The van der Waals surface area contributed by atoms with Gasteiger partial charge in [0.15, 0.2) is 0 Å². The first-order valence-electron chi connectivity index (χ1n) is 24.8. The van der Waals surface area contributed by atoms with Crippen LogP contribution in [0, 0.1) is 11.7 Å². The fourth-order valence-corrected chi connectivity index (χ4v) is 12.2. The first-order valence-corrected chi connectivity index (χ1v) is 25.6. The van der Waals surface area contributed by atoms with E-state index in [0.29, 0.717) is 51.5 Å². The molecule has 12 rings (SSSR count). The summed E-state index contributed by atoms with van der Waals surface area (Å²) in [5.74, 6) is 0.304. The molecule has 3 aromatic carbocycles. The van der Waals surface area contributed by atoms with Crippen LogP contribution in [0.25, 0.3) is 44.7 Å². The topological polar surface area (TPSA) is 154 Å². The molecule has 3 amide bonds. The largest absolute Gasteiger partial charge is 0.464 e. The van der Waals surface area contributed by atoms with Gasteiger partial charge in [-0.2, -0.15) is 0 Å². The maximum Gasteiger partial charge on any atom is 0.407 e. The smallest absolute Gasteiger partial charge is 0.407 e. The summed E-state index contributed by atoms with van der Waals surface area (Å²) in [4.78, 5) is 63.8. The Hall–Kier alpha value is -6.92. The van der Waals surface area contributed by atoms with Crippen LogP contribution in [0.3, 0.4) is 0 Å². The molecule has 1 saturated carbocycles. The van der Waals surface area contributed by atoms with E-state index in [2.05, 4.69) is 37.3 Å². The van der Waals surface area contributed by atoms with Gasteiger partial charge in [-0.15, -0.1) is 11.3 Å². The number of thiophene rings is 1. The third-order valence-electron chi connectivity index (χ3n) is 15.0. The number of aromatic nitrogens is 5. The number of ether oxygens (including phenoxy) is 2. The maximum absolute atomic E-state index is 17.0. The molecule has 72 heavy (non-hydrogen) atoms. The van der Waals surface area contributed by atoms with Crippen LogP contribution in [-0.4, -0.2) is 109 Å². The summed E-state index contributed by atoms with van der Waals surface area (Å²) in [6.45, 7) is 5.01. The van der Waals surface area contributed by atoms with Crippen LogP contribution in [0.2, 0.25) is 0 Å². The molecule has 5 aliphatic rings. The van der Waals surface area contributed by atoms with E-state index in [9.17, 15) is 14.4 Å². The number of methoxy groups -OCH3 is 1. The van der Waals surface area contributed by atoms with E-state index in [-0.39, 0.29) is 37.8 Å². The minimum Gasteiger partial charge on any atom is -0.464 e. The van der Waals surface area contributed by atoms with Crippen molar-refractivity contribution in [1.29, 1.82) is 0 Å². The molecule has 372 valence electrons. The van der Waals surface area contributed by atoms with Gasteiger partial charge in [0.05, 0.1) is 77.7 Å². The fraction of sp³-hybridized carbons (Fsp3) is 0.389. The molecule has 3 N–H and O–H groups in total. The lowest BCUT2D eigenvalue weighted by atomic mass is 10.00. The minimum absolute atomic E-state index is 0.00285. The second kappa shape index (κ2) is 18.3. The van der Waals surface area contributed by atoms with Crippen molar-refractivity contribution < 1.29 is 37.0 Å². The average molecular weight is 998 g/mol. The highest BCUT2D eigenvalue weighted by molar-refractivity contribution is 7.12. The highest BCUT2D eigenvalue weighted by Gasteiger charge is 2.45. The molecular weight excluding hydrogens is 944 g/mol. The normalized spacial score (nSPS) is 22.6. The van der Waals surface area contributed by atoms with E-state index < -0.39 is 60.6 Å². The fourth-order valence-electron chi connectivity index (χ4n) is 11.0. The molecule has 3 saturated heterocycles. The van der Waals surface area contributed by atoms with Crippen molar-refractivity contribution in [3.05, 3.63) is 124 Å². The molecule has 14 nitrogen and oxygen atoms in total. The summed E-state index contributed by atoms with van der Waals surface area (Å²) in [6, 6.07) is 22.4. The Kier molecular flexibility index (Phi) is 11.7. The molecular formula is C54H54F3N9O5S. The van der Waals surface area contributed by atoms with E-state index in [1.54, 1.807) is 48.5 Å². The number of halogens is 3. The number of likely N-dealkylation sites (tertiary alicyclic amines) is 3. The second-order valence-corrected chi connectivity index (χ2v) is 21.2. The monoisotopic (exact) mass is 997 g/mol. The van der Waals surface area contributed by atoms with Gasteiger partial charge in [-0.3, -0.25) is 19.1 Å². The summed E-state index contributed by atoms with van der Waals surface area (Å²) < 4.78 is 61.1. The average Bonchev–Trinajstić information content (AvgIpc) is 4.03. The molecule has 7 aromatic rings. The highest BCUT2D eigenvalue weighted by Crippen LogP contribution is 2.50. The van der Waals surface area contributed by atoms with Gasteiger partial charge in [-0.1, -0.05) is 50.2 Å². The summed E-state index contributed by atoms with van der Waals surface area (Å²) >= 11 is 1.70. The van der Waals surface area contributed by atoms with Crippen molar-refractivity contribution >= 4 is 40.1 Å². The number of amides is 3. The molecule has 8 heterocycles. The Balaban J connectivity index is 0.862. The zero-order chi connectivity index (χ0) is 49.5. The van der Waals surface area contributed by atoms with E-state index in [0.717, 1.165) is 59.3 Å². The number of H-pyrrole nitrogens is 2. The number of fused-ring (bicyclic) bond motifs is 5. The van der Waals surface area contributed by atoms with Gasteiger partial charge in [0.25, 0.3) is 0 Å². The Morgan fingerprint density at radius 1 is 0.819 bits per heavy atom.